The molecule has 2 rings (SSSR count). The third-order valence-corrected chi connectivity index (χ3v) is 3.30. The number of benzene rings is 1. The topological polar surface area (TPSA) is 74.2 Å². The number of ether oxygens (including phenoxy) is 1. The van der Waals surface area contributed by atoms with Gasteiger partial charge in [0.1, 0.15) is 12.4 Å². The quantitative estimate of drug-likeness (QED) is 0.910. The summed E-state index contributed by atoms with van der Waals surface area (Å²) in [5.41, 5.74) is 12.6. The van der Waals surface area contributed by atoms with E-state index in [2.05, 4.69) is 4.98 Å². The van der Waals surface area contributed by atoms with E-state index in [-0.39, 0.29) is 0 Å². The van der Waals surface area contributed by atoms with Gasteiger partial charge in [-0.15, -0.1) is 0 Å². The van der Waals surface area contributed by atoms with E-state index in [0.29, 0.717) is 34.9 Å². The van der Waals surface area contributed by atoms with Crippen molar-refractivity contribution >= 4 is 29.0 Å². The van der Waals surface area contributed by atoms with Crippen LogP contribution < -0.4 is 16.2 Å². The summed E-state index contributed by atoms with van der Waals surface area (Å²) >= 11 is 12.2. The van der Waals surface area contributed by atoms with Crippen molar-refractivity contribution in [2.45, 2.75) is 0 Å². The highest BCUT2D eigenvalue weighted by Crippen LogP contribution is 2.37. The third kappa shape index (κ3) is 3.10. The van der Waals surface area contributed by atoms with E-state index < -0.39 is 0 Å². The third-order valence-electron chi connectivity index (χ3n) is 2.48. The minimum atomic E-state index is 0.349. The molecule has 2 aromatic rings. The maximum Gasteiger partial charge on any atom is 0.223 e. The fourth-order valence-corrected chi connectivity index (χ4v) is 2.04. The lowest BCUT2D eigenvalue weighted by Crippen LogP contribution is -2.12. The number of nitrogens with zero attached hydrogens (tertiary/aromatic N) is 1. The number of halogens is 2. The molecule has 0 atom stereocenters. The fraction of sp³-hybridized carbons (Fsp3) is 0.154. The summed E-state index contributed by atoms with van der Waals surface area (Å²) in [4.78, 5) is 4.16. The van der Waals surface area contributed by atoms with Crippen LogP contribution in [-0.4, -0.2) is 18.1 Å². The Labute approximate surface area is 121 Å². The number of pyridine rings is 1. The van der Waals surface area contributed by atoms with Crippen molar-refractivity contribution in [3.63, 3.8) is 0 Å². The van der Waals surface area contributed by atoms with Gasteiger partial charge in [-0.2, -0.15) is 4.98 Å². The largest absolute Gasteiger partial charge is 0.476 e. The predicted molar refractivity (Wildman–Crippen MR) is 78.7 cm³/mol. The Kier molecular flexibility index (Phi) is 4.47. The average molecular weight is 298 g/mol. The molecule has 0 aliphatic carbocycles. The number of hydrogen-bond donors (Lipinski definition) is 2. The summed E-state index contributed by atoms with van der Waals surface area (Å²) in [6, 6.07) is 8.86. The molecule has 4 N–H and O–H groups in total. The molecule has 19 heavy (non-hydrogen) atoms. The Balaban J connectivity index is 2.51. The summed E-state index contributed by atoms with van der Waals surface area (Å²) in [6.07, 6.45) is 0. The lowest BCUT2D eigenvalue weighted by atomic mass is 10.1. The Hall–Kier alpha value is -1.49. The van der Waals surface area contributed by atoms with Crippen molar-refractivity contribution in [1.82, 2.24) is 4.98 Å². The average Bonchev–Trinajstić information content (AvgIpc) is 2.40. The molecular formula is C13H13Cl2N3O. The molecule has 0 saturated heterocycles. The first-order chi connectivity index (χ1) is 9.13. The van der Waals surface area contributed by atoms with Gasteiger partial charge in [0, 0.05) is 17.7 Å². The minimum absolute atomic E-state index is 0.349. The zero-order valence-electron chi connectivity index (χ0n) is 10.1. The van der Waals surface area contributed by atoms with Crippen molar-refractivity contribution in [2.75, 3.05) is 18.9 Å². The predicted octanol–water partition coefficient (Wildman–Crippen LogP) is 2.98. The van der Waals surface area contributed by atoms with Crippen LogP contribution >= 0.6 is 23.2 Å². The number of aromatic nitrogens is 1. The van der Waals surface area contributed by atoms with Crippen molar-refractivity contribution < 1.29 is 4.74 Å². The Morgan fingerprint density at radius 1 is 1.11 bits per heavy atom. The maximum absolute atomic E-state index is 6.20. The Morgan fingerprint density at radius 2 is 1.89 bits per heavy atom. The van der Waals surface area contributed by atoms with Crippen molar-refractivity contribution in [3.8, 4) is 17.0 Å². The van der Waals surface area contributed by atoms with Gasteiger partial charge in [-0.25, -0.2) is 0 Å². The molecular weight excluding hydrogens is 285 g/mol. The zero-order valence-corrected chi connectivity index (χ0v) is 11.6. The van der Waals surface area contributed by atoms with Crippen LogP contribution in [0.2, 0.25) is 10.0 Å². The first kappa shape index (κ1) is 13.9. The standard InChI is InChI=1S/C13H13Cl2N3O/c14-10-3-1-2-8(12(10)15)9-4-5-11(17)18-13(9)19-7-6-16/h1-5H,6-7,16H2,(H2,17,18). The molecule has 0 saturated carbocycles. The zero-order chi connectivity index (χ0) is 13.8. The first-order valence-electron chi connectivity index (χ1n) is 5.67. The van der Waals surface area contributed by atoms with Gasteiger partial charge in [-0.3, -0.25) is 0 Å². The van der Waals surface area contributed by atoms with Gasteiger partial charge >= 0.3 is 0 Å². The van der Waals surface area contributed by atoms with Crippen LogP contribution in [0.15, 0.2) is 30.3 Å². The van der Waals surface area contributed by atoms with Crippen molar-refractivity contribution in [3.05, 3.63) is 40.4 Å². The molecule has 6 heteroatoms. The fourth-order valence-electron chi connectivity index (χ4n) is 1.64. The molecule has 0 aliphatic rings. The molecule has 0 amide bonds. The summed E-state index contributed by atoms with van der Waals surface area (Å²) in [6.45, 7) is 0.737. The molecule has 1 aromatic heterocycles. The van der Waals surface area contributed by atoms with Crippen LogP contribution in [0.4, 0.5) is 5.82 Å². The molecule has 1 heterocycles. The molecule has 1 aromatic carbocycles. The van der Waals surface area contributed by atoms with Gasteiger partial charge in [-0.1, -0.05) is 35.3 Å². The van der Waals surface area contributed by atoms with Crippen molar-refractivity contribution in [1.29, 1.82) is 0 Å². The SMILES string of the molecule is NCCOc1nc(N)ccc1-c1cccc(Cl)c1Cl. The number of rotatable bonds is 4. The second-order valence-corrected chi connectivity index (χ2v) is 4.61. The maximum atomic E-state index is 6.20. The van der Waals surface area contributed by atoms with Crippen LogP contribution in [0, 0.1) is 0 Å². The number of nitrogen functional groups attached to an aromatic ring is 1. The van der Waals surface area contributed by atoms with Crippen LogP contribution in [-0.2, 0) is 0 Å². The molecule has 0 fully saturated rings. The van der Waals surface area contributed by atoms with E-state index in [4.69, 9.17) is 39.4 Å². The summed E-state index contributed by atoms with van der Waals surface area (Å²) < 4.78 is 5.50. The molecule has 0 bridgehead atoms. The van der Waals surface area contributed by atoms with E-state index in [9.17, 15) is 0 Å². The second kappa shape index (κ2) is 6.10. The molecule has 0 aliphatic heterocycles. The van der Waals surface area contributed by atoms with Gasteiger partial charge < -0.3 is 16.2 Å². The summed E-state index contributed by atoms with van der Waals surface area (Å²) in [5.74, 6) is 0.767. The highest BCUT2D eigenvalue weighted by molar-refractivity contribution is 6.43. The van der Waals surface area contributed by atoms with Crippen LogP contribution in [0.3, 0.4) is 0 Å². The van der Waals surface area contributed by atoms with Gasteiger partial charge in [0.15, 0.2) is 0 Å². The van der Waals surface area contributed by atoms with E-state index in [0.717, 1.165) is 11.1 Å². The first-order valence-corrected chi connectivity index (χ1v) is 6.43. The van der Waals surface area contributed by atoms with E-state index >= 15 is 0 Å². The second-order valence-electron chi connectivity index (χ2n) is 3.83. The minimum Gasteiger partial charge on any atom is -0.476 e. The summed E-state index contributed by atoms with van der Waals surface area (Å²) in [5, 5.41) is 0.925. The Morgan fingerprint density at radius 3 is 2.63 bits per heavy atom. The number of hydrogen-bond acceptors (Lipinski definition) is 4. The molecule has 0 unspecified atom stereocenters. The van der Waals surface area contributed by atoms with Crippen LogP contribution in [0.25, 0.3) is 11.1 Å². The van der Waals surface area contributed by atoms with Crippen molar-refractivity contribution in [2.24, 2.45) is 5.73 Å². The normalized spacial score (nSPS) is 10.5. The number of nitrogens with two attached hydrogens (primary N) is 2. The molecule has 100 valence electrons. The van der Waals surface area contributed by atoms with Gasteiger partial charge in [0.05, 0.1) is 10.0 Å². The molecule has 0 radical (unpaired) electrons. The number of anilines is 1. The highest BCUT2D eigenvalue weighted by atomic mass is 35.5. The van der Waals surface area contributed by atoms with Gasteiger partial charge in [0.25, 0.3) is 0 Å². The summed E-state index contributed by atoms with van der Waals surface area (Å²) in [7, 11) is 0. The Bertz CT molecular complexity index is 590. The van der Waals surface area contributed by atoms with E-state index in [1.807, 2.05) is 12.1 Å². The smallest absolute Gasteiger partial charge is 0.223 e. The van der Waals surface area contributed by atoms with E-state index in [1.54, 1.807) is 18.2 Å². The lowest BCUT2D eigenvalue weighted by molar-refractivity contribution is 0.317. The van der Waals surface area contributed by atoms with E-state index in [1.165, 1.54) is 0 Å². The lowest BCUT2D eigenvalue weighted by Gasteiger charge is -2.12. The van der Waals surface area contributed by atoms with Crippen LogP contribution in [0.1, 0.15) is 0 Å². The van der Waals surface area contributed by atoms with Crippen LogP contribution in [0.5, 0.6) is 5.88 Å². The highest BCUT2D eigenvalue weighted by Gasteiger charge is 2.13. The molecule has 0 spiro atoms. The van der Waals surface area contributed by atoms with Gasteiger partial charge in [-0.05, 0) is 18.2 Å². The monoisotopic (exact) mass is 297 g/mol. The van der Waals surface area contributed by atoms with Gasteiger partial charge in [0.2, 0.25) is 5.88 Å². The molecule has 4 nitrogen and oxygen atoms in total.